The fourth-order valence-corrected chi connectivity index (χ4v) is 3.38. The van der Waals surface area contributed by atoms with Crippen molar-refractivity contribution in [3.05, 3.63) is 93.5 Å². The lowest BCUT2D eigenvalue weighted by atomic mass is 10.1. The molecule has 30 heavy (non-hydrogen) atoms. The predicted octanol–water partition coefficient (Wildman–Crippen LogP) is 3.89. The first-order chi connectivity index (χ1) is 14.4. The van der Waals surface area contributed by atoms with E-state index in [2.05, 4.69) is 0 Å². The minimum absolute atomic E-state index is 0.246. The zero-order chi connectivity index (χ0) is 21.3. The number of esters is 1. The minimum atomic E-state index is -0.896. The standard InChI is InChI=1S/C23H19NO6/c1-14-10-18(15(2)24(14)12-17-7-5-9-28-17)20(25)13-29-22(26)19-11-16-6-3-4-8-21(16)30-23(19)27/h3-11H,12-13H2,1-2H3. The molecule has 4 aromatic rings. The lowest BCUT2D eigenvalue weighted by Crippen LogP contribution is -2.20. The number of fused-ring (bicyclic) bond motifs is 1. The minimum Gasteiger partial charge on any atom is -0.467 e. The van der Waals surface area contributed by atoms with Crippen molar-refractivity contribution in [1.82, 2.24) is 4.57 Å². The van der Waals surface area contributed by atoms with E-state index in [9.17, 15) is 14.4 Å². The van der Waals surface area contributed by atoms with Crippen molar-refractivity contribution in [1.29, 1.82) is 0 Å². The van der Waals surface area contributed by atoms with Gasteiger partial charge in [0.05, 0.1) is 12.8 Å². The third kappa shape index (κ3) is 3.69. The molecule has 0 spiro atoms. The molecule has 0 atom stereocenters. The van der Waals surface area contributed by atoms with Crippen LogP contribution < -0.4 is 5.63 Å². The number of furan rings is 1. The van der Waals surface area contributed by atoms with Gasteiger partial charge in [-0.25, -0.2) is 9.59 Å². The molecule has 0 saturated carbocycles. The zero-order valence-corrected chi connectivity index (χ0v) is 16.5. The number of rotatable bonds is 6. The predicted molar refractivity (Wildman–Crippen MR) is 109 cm³/mol. The van der Waals surface area contributed by atoms with Crippen LogP contribution in [0.1, 0.15) is 37.9 Å². The maximum absolute atomic E-state index is 12.7. The fourth-order valence-electron chi connectivity index (χ4n) is 3.38. The van der Waals surface area contributed by atoms with Gasteiger partial charge in [-0.3, -0.25) is 4.79 Å². The van der Waals surface area contributed by atoms with Crippen molar-refractivity contribution in [2.45, 2.75) is 20.4 Å². The first-order valence-electron chi connectivity index (χ1n) is 9.36. The summed E-state index contributed by atoms with van der Waals surface area (Å²) in [7, 11) is 0. The van der Waals surface area contributed by atoms with Gasteiger partial charge < -0.3 is 18.1 Å². The molecule has 0 aliphatic heterocycles. The molecule has 152 valence electrons. The average molecular weight is 405 g/mol. The molecule has 0 aliphatic carbocycles. The Kier molecular flexibility index (Phi) is 5.10. The molecule has 0 aliphatic rings. The number of Topliss-reactive ketones (excluding diaryl/α,β-unsaturated/α-hetero) is 1. The van der Waals surface area contributed by atoms with E-state index in [1.807, 2.05) is 24.5 Å². The Balaban J connectivity index is 1.49. The highest BCUT2D eigenvalue weighted by Gasteiger charge is 2.20. The quantitative estimate of drug-likeness (QED) is 0.275. The van der Waals surface area contributed by atoms with Crippen LogP contribution in [0, 0.1) is 13.8 Å². The van der Waals surface area contributed by atoms with Gasteiger partial charge in [0.25, 0.3) is 0 Å². The second kappa shape index (κ2) is 7.87. The molecule has 0 bridgehead atoms. The van der Waals surface area contributed by atoms with Crippen LogP contribution in [0.3, 0.4) is 0 Å². The highest BCUT2D eigenvalue weighted by Crippen LogP contribution is 2.19. The molecular formula is C23H19NO6. The van der Waals surface area contributed by atoms with Gasteiger partial charge in [0.15, 0.2) is 6.61 Å². The molecule has 0 saturated heterocycles. The molecule has 3 aromatic heterocycles. The molecule has 0 fully saturated rings. The summed E-state index contributed by atoms with van der Waals surface area (Å²) >= 11 is 0. The van der Waals surface area contributed by atoms with Crippen LogP contribution in [0.25, 0.3) is 11.0 Å². The van der Waals surface area contributed by atoms with Crippen molar-refractivity contribution in [2.75, 3.05) is 6.61 Å². The van der Waals surface area contributed by atoms with E-state index in [1.54, 1.807) is 42.7 Å². The van der Waals surface area contributed by atoms with Crippen molar-refractivity contribution >= 4 is 22.7 Å². The van der Waals surface area contributed by atoms with Crippen LogP contribution >= 0.6 is 0 Å². The second-order valence-corrected chi connectivity index (χ2v) is 6.93. The summed E-state index contributed by atoms with van der Waals surface area (Å²) in [6, 6.07) is 13.7. The van der Waals surface area contributed by atoms with Crippen LogP contribution in [-0.2, 0) is 11.3 Å². The number of ether oxygens (including phenoxy) is 1. The number of benzene rings is 1. The van der Waals surface area contributed by atoms with Crippen LogP contribution in [-0.4, -0.2) is 22.9 Å². The van der Waals surface area contributed by atoms with E-state index >= 15 is 0 Å². The van der Waals surface area contributed by atoms with Crippen molar-refractivity contribution in [2.24, 2.45) is 0 Å². The third-order valence-corrected chi connectivity index (χ3v) is 4.96. The molecule has 7 nitrogen and oxygen atoms in total. The van der Waals surface area contributed by atoms with Gasteiger partial charge >= 0.3 is 11.6 Å². The van der Waals surface area contributed by atoms with E-state index in [0.717, 1.165) is 17.1 Å². The lowest BCUT2D eigenvalue weighted by Gasteiger charge is -2.08. The number of ketones is 1. The summed E-state index contributed by atoms with van der Waals surface area (Å²) in [5.41, 5.74) is 1.41. The molecule has 0 amide bonds. The number of hydrogen-bond donors (Lipinski definition) is 0. The molecule has 0 unspecified atom stereocenters. The average Bonchev–Trinajstić information content (AvgIpc) is 3.35. The number of para-hydroxylation sites is 1. The Morgan fingerprint density at radius 2 is 1.83 bits per heavy atom. The molecule has 4 rings (SSSR count). The molecule has 3 heterocycles. The highest BCUT2D eigenvalue weighted by molar-refractivity contribution is 6.00. The van der Waals surface area contributed by atoms with E-state index in [-0.39, 0.29) is 11.3 Å². The lowest BCUT2D eigenvalue weighted by molar-refractivity contribution is 0.0470. The zero-order valence-electron chi connectivity index (χ0n) is 16.5. The maximum Gasteiger partial charge on any atom is 0.351 e. The summed E-state index contributed by atoms with van der Waals surface area (Å²) < 4.78 is 17.6. The normalized spacial score (nSPS) is 11.0. The van der Waals surface area contributed by atoms with Gasteiger partial charge in [-0.1, -0.05) is 18.2 Å². The van der Waals surface area contributed by atoms with E-state index < -0.39 is 18.2 Å². The first kappa shape index (κ1) is 19.4. The van der Waals surface area contributed by atoms with Gasteiger partial charge in [-0.15, -0.1) is 0 Å². The highest BCUT2D eigenvalue weighted by atomic mass is 16.5. The Morgan fingerprint density at radius 3 is 2.60 bits per heavy atom. The summed E-state index contributed by atoms with van der Waals surface area (Å²) in [4.78, 5) is 37.1. The molecule has 0 N–H and O–H groups in total. The van der Waals surface area contributed by atoms with Gasteiger partial charge in [0, 0.05) is 22.3 Å². The Bertz CT molecular complexity index is 1290. The van der Waals surface area contributed by atoms with Crippen molar-refractivity contribution in [3.8, 4) is 0 Å². The smallest absolute Gasteiger partial charge is 0.351 e. The summed E-state index contributed by atoms with van der Waals surface area (Å²) in [5, 5.41) is 0.594. The molecule has 1 aromatic carbocycles. The van der Waals surface area contributed by atoms with Gasteiger partial charge in [0.2, 0.25) is 5.78 Å². The van der Waals surface area contributed by atoms with Gasteiger partial charge in [-0.2, -0.15) is 0 Å². The van der Waals surface area contributed by atoms with Crippen LogP contribution in [0.5, 0.6) is 0 Å². The van der Waals surface area contributed by atoms with E-state index in [0.29, 0.717) is 23.1 Å². The first-order valence-corrected chi connectivity index (χ1v) is 9.36. The topological polar surface area (TPSA) is 91.7 Å². The monoisotopic (exact) mass is 405 g/mol. The molecule has 7 heteroatoms. The van der Waals surface area contributed by atoms with Crippen molar-refractivity contribution in [3.63, 3.8) is 0 Å². The van der Waals surface area contributed by atoms with Crippen molar-refractivity contribution < 1.29 is 23.2 Å². The Hall–Kier alpha value is -3.87. The molecular weight excluding hydrogens is 386 g/mol. The van der Waals surface area contributed by atoms with E-state index in [4.69, 9.17) is 13.6 Å². The van der Waals surface area contributed by atoms with Crippen LogP contribution in [0.4, 0.5) is 0 Å². The largest absolute Gasteiger partial charge is 0.467 e. The summed E-state index contributed by atoms with van der Waals surface area (Å²) in [5.74, 6) is -0.482. The van der Waals surface area contributed by atoms with Gasteiger partial charge in [-0.05, 0) is 44.2 Å². The summed E-state index contributed by atoms with van der Waals surface area (Å²) in [6.45, 7) is 3.73. The number of carbonyl (C=O) groups excluding carboxylic acids is 2. The number of nitrogens with zero attached hydrogens (tertiary/aromatic N) is 1. The fraction of sp³-hybridized carbons (Fsp3) is 0.174. The molecule has 0 radical (unpaired) electrons. The van der Waals surface area contributed by atoms with Crippen LogP contribution in [0.2, 0.25) is 0 Å². The number of hydrogen-bond acceptors (Lipinski definition) is 6. The maximum atomic E-state index is 12.7. The number of carbonyl (C=O) groups is 2. The number of aryl methyl sites for hydroxylation is 1. The Morgan fingerprint density at radius 1 is 1.03 bits per heavy atom. The summed E-state index contributed by atoms with van der Waals surface area (Å²) in [6.07, 6.45) is 1.60. The SMILES string of the molecule is Cc1cc(C(=O)COC(=O)c2cc3ccccc3oc2=O)c(C)n1Cc1ccco1. The van der Waals surface area contributed by atoms with Gasteiger partial charge in [0.1, 0.15) is 16.9 Å². The Labute approximate surface area is 171 Å². The van der Waals surface area contributed by atoms with Crippen LogP contribution in [0.15, 0.2) is 68.4 Å². The third-order valence-electron chi connectivity index (χ3n) is 4.96. The van der Waals surface area contributed by atoms with E-state index in [1.165, 1.54) is 6.07 Å². The number of aromatic nitrogens is 1. The second-order valence-electron chi connectivity index (χ2n) is 6.93.